The van der Waals surface area contributed by atoms with E-state index in [1.165, 1.54) is 12.1 Å². The number of nitrogens with two attached hydrogens (primary N) is 1. The Morgan fingerprint density at radius 3 is 2.67 bits per heavy atom. The van der Waals surface area contributed by atoms with Gasteiger partial charge in [-0.05, 0) is 62.4 Å². The van der Waals surface area contributed by atoms with Crippen molar-refractivity contribution in [2.45, 2.75) is 57.2 Å². The SMILES string of the molecule is CN[C@@H](C[C@@H](N)Cc1cc(F)cc(OCCCCN2CCCC2=O)c1)C(=O)N(C)Cc1ccccc1. The summed E-state index contributed by atoms with van der Waals surface area (Å²) in [5, 5.41) is 3.08. The lowest BCUT2D eigenvalue weighted by atomic mass is 9.99. The first-order valence-corrected chi connectivity index (χ1v) is 12.8. The maximum atomic E-state index is 14.2. The Bertz CT molecular complexity index is 988. The second kappa shape index (κ2) is 13.9. The Morgan fingerprint density at radius 1 is 1.19 bits per heavy atom. The number of nitrogens with zero attached hydrogens (tertiary/aromatic N) is 2. The van der Waals surface area contributed by atoms with Crippen molar-refractivity contribution < 1.29 is 18.7 Å². The van der Waals surface area contributed by atoms with Crippen LogP contribution in [0.15, 0.2) is 48.5 Å². The molecule has 36 heavy (non-hydrogen) atoms. The van der Waals surface area contributed by atoms with Crippen LogP contribution in [0.25, 0.3) is 0 Å². The van der Waals surface area contributed by atoms with Crippen LogP contribution in [0.5, 0.6) is 5.75 Å². The lowest BCUT2D eigenvalue weighted by molar-refractivity contribution is -0.133. The van der Waals surface area contributed by atoms with Crippen molar-refractivity contribution in [1.82, 2.24) is 15.1 Å². The van der Waals surface area contributed by atoms with Crippen LogP contribution >= 0.6 is 0 Å². The first-order chi connectivity index (χ1) is 17.4. The largest absolute Gasteiger partial charge is 0.493 e. The second-order valence-electron chi connectivity index (χ2n) is 9.56. The van der Waals surface area contributed by atoms with E-state index in [-0.39, 0.29) is 23.7 Å². The topological polar surface area (TPSA) is 87.9 Å². The van der Waals surface area contributed by atoms with Crippen molar-refractivity contribution in [3.8, 4) is 5.75 Å². The van der Waals surface area contributed by atoms with Crippen LogP contribution in [0.1, 0.15) is 43.2 Å². The molecule has 2 aromatic carbocycles. The molecule has 2 amide bonds. The third-order valence-electron chi connectivity index (χ3n) is 6.52. The standard InChI is InChI=1S/C28H39FN4O3/c1-31-26(28(35)32(2)20-21-9-4-3-5-10-21)19-24(30)16-22-15-23(29)18-25(17-22)36-14-7-6-12-33-13-8-11-27(33)34/h3-5,9-10,15,17-18,24,26,31H,6-8,11-14,16,19-20,30H2,1-2H3/t24-,26-/m0/s1. The summed E-state index contributed by atoms with van der Waals surface area (Å²) in [5.41, 5.74) is 8.17. The third kappa shape index (κ3) is 8.60. The van der Waals surface area contributed by atoms with Crippen LogP contribution in [-0.2, 0) is 22.6 Å². The van der Waals surface area contributed by atoms with Gasteiger partial charge in [-0.1, -0.05) is 30.3 Å². The Balaban J connectivity index is 1.46. The molecule has 1 fully saturated rings. The van der Waals surface area contributed by atoms with E-state index in [0.717, 1.165) is 43.5 Å². The summed E-state index contributed by atoms with van der Waals surface area (Å²) in [6.07, 6.45) is 4.10. The van der Waals surface area contributed by atoms with Crippen LogP contribution in [-0.4, -0.2) is 67.5 Å². The molecule has 1 aliphatic rings. The van der Waals surface area contributed by atoms with Crippen molar-refractivity contribution in [3.05, 3.63) is 65.5 Å². The molecule has 2 aromatic rings. The fraction of sp³-hybridized carbons (Fsp3) is 0.500. The van der Waals surface area contributed by atoms with Crippen LogP contribution in [0.3, 0.4) is 0 Å². The highest BCUT2D eigenvalue weighted by atomic mass is 19.1. The van der Waals surface area contributed by atoms with Gasteiger partial charge in [-0.15, -0.1) is 0 Å². The molecule has 0 radical (unpaired) electrons. The third-order valence-corrected chi connectivity index (χ3v) is 6.52. The van der Waals surface area contributed by atoms with Gasteiger partial charge >= 0.3 is 0 Å². The minimum atomic E-state index is -0.430. The normalized spacial score (nSPS) is 15.1. The molecular formula is C28H39FN4O3. The number of carbonyl (C=O) groups is 2. The highest BCUT2D eigenvalue weighted by Crippen LogP contribution is 2.19. The number of likely N-dealkylation sites (tertiary alicyclic amines) is 1. The monoisotopic (exact) mass is 498 g/mol. The lowest BCUT2D eigenvalue weighted by Crippen LogP contribution is -2.46. The lowest BCUT2D eigenvalue weighted by Gasteiger charge is -2.25. The Labute approximate surface area is 213 Å². The zero-order valence-electron chi connectivity index (χ0n) is 21.4. The summed E-state index contributed by atoms with van der Waals surface area (Å²) in [6.45, 7) is 2.57. The summed E-state index contributed by atoms with van der Waals surface area (Å²) in [6, 6.07) is 13.7. The number of hydrogen-bond acceptors (Lipinski definition) is 5. The molecule has 0 bridgehead atoms. The molecule has 0 unspecified atom stereocenters. The summed E-state index contributed by atoms with van der Waals surface area (Å²) in [7, 11) is 3.53. The molecule has 1 saturated heterocycles. The zero-order valence-corrected chi connectivity index (χ0v) is 21.4. The molecule has 0 saturated carbocycles. The van der Waals surface area contributed by atoms with Crippen LogP contribution < -0.4 is 15.8 Å². The van der Waals surface area contributed by atoms with E-state index in [9.17, 15) is 14.0 Å². The molecule has 3 N–H and O–H groups in total. The molecule has 8 heteroatoms. The minimum Gasteiger partial charge on any atom is -0.493 e. The van der Waals surface area contributed by atoms with E-state index >= 15 is 0 Å². The van der Waals surface area contributed by atoms with Gasteiger partial charge in [-0.3, -0.25) is 9.59 Å². The van der Waals surface area contributed by atoms with Crippen molar-refractivity contribution in [1.29, 1.82) is 0 Å². The summed E-state index contributed by atoms with van der Waals surface area (Å²) >= 11 is 0. The number of hydrogen-bond donors (Lipinski definition) is 2. The molecule has 1 heterocycles. The summed E-state index contributed by atoms with van der Waals surface area (Å²) < 4.78 is 20.0. The number of benzene rings is 2. The first kappa shape index (κ1) is 27.6. The average molecular weight is 499 g/mol. The quantitative estimate of drug-likeness (QED) is 0.391. The minimum absolute atomic E-state index is 0.0318. The van der Waals surface area contributed by atoms with E-state index in [2.05, 4.69) is 5.32 Å². The molecule has 196 valence electrons. The Hall–Kier alpha value is -2.97. The molecule has 7 nitrogen and oxygen atoms in total. The van der Waals surface area contributed by atoms with Gasteiger partial charge in [0, 0.05) is 45.2 Å². The van der Waals surface area contributed by atoms with E-state index < -0.39 is 6.04 Å². The van der Waals surface area contributed by atoms with Crippen molar-refractivity contribution in [2.24, 2.45) is 5.73 Å². The van der Waals surface area contributed by atoms with Gasteiger partial charge in [-0.2, -0.15) is 0 Å². The predicted octanol–water partition coefficient (Wildman–Crippen LogP) is 3.11. The van der Waals surface area contributed by atoms with Gasteiger partial charge in [0.2, 0.25) is 11.8 Å². The van der Waals surface area contributed by atoms with E-state index in [1.54, 1.807) is 19.0 Å². The second-order valence-corrected chi connectivity index (χ2v) is 9.56. The molecular weight excluding hydrogens is 459 g/mol. The van der Waals surface area contributed by atoms with Gasteiger partial charge in [0.15, 0.2) is 0 Å². The van der Waals surface area contributed by atoms with E-state index in [0.29, 0.717) is 38.2 Å². The van der Waals surface area contributed by atoms with Gasteiger partial charge < -0.3 is 25.6 Å². The highest BCUT2D eigenvalue weighted by Gasteiger charge is 2.23. The van der Waals surface area contributed by atoms with Crippen LogP contribution in [0.4, 0.5) is 4.39 Å². The fourth-order valence-electron chi connectivity index (χ4n) is 4.59. The molecule has 3 rings (SSSR count). The van der Waals surface area contributed by atoms with Crippen molar-refractivity contribution in [2.75, 3.05) is 33.8 Å². The Morgan fingerprint density at radius 2 is 1.97 bits per heavy atom. The molecule has 0 aromatic heterocycles. The van der Waals surface area contributed by atoms with Gasteiger partial charge in [0.1, 0.15) is 11.6 Å². The summed E-state index contributed by atoms with van der Waals surface area (Å²) in [5.74, 6) is 0.294. The maximum absolute atomic E-state index is 14.2. The number of halogens is 1. The first-order valence-electron chi connectivity index (χ1n) is 12.8. The number of carbonyl (C=O) groups excluding carboxylic acids is 2. The number of likely N-dealkylation sites (N-methyl/N-ethyl adjacent to an activating group) is 2. The van der Waals surface area contributed by atoms with Gasteiger partial charge in [0.05, 0.1) is 12.6 Å². The van der Waals surface area contributed by atoms with Crippen LogP contribution in [0, 0.1) is 5.82 Å². The number of unbranched alkanes of at least 4 members (excludes halogenated alkanes) is 1. The maximum Gasteiger partial charge on any atom is 0.239 e. The predicted molar refractivity (Wildman–Crippen MR) is 139 cm³/mol. The Kier molecular flexibility index (Phi) is 10.7. The molecule has 2 atom stereocenters. The number of ether oxygens (including phenoxy) is 1. The summed E-state index contributed by atoms with van der Waals surface area (Å²) in [4.78, 5) is 28.2. The van der Waals surface area contributed by atoms with Gasteiger partial charge in [-0.25, -0.2) is 4.39 Å². The smallest absolute Gasteiger partial charge is 0.239 e. The molecule has 0 aliphatic carbocycles. The van der Waals surface area contributed by atoms with Gasteiger partial charge in [0.25, 0.3) is 0 Å². The fourth-order valence-corrected chi connectivity index (χ4v) is 4.59. The molecule has 1 aliphatic heterocycles. The van der Waals surface area contributed by atoms with Crippen molar-refractivity contribution in [3.63, 3.8) is 0 Å². The van der Waals surface area contributed by atoms with E-state index in [1.807, 2.05) is 41.3 Å². The van der Waals surface area contributed by atoms with Crippen LogP contribution in [0.2, 0.25) is 0 Å². The van der Waals surface area contributed by atoms with Crippen molar-refractivity contribution >= 4 is 11.8 Å². The van der Waals surface area contributed by atoms with E-state index in [4.69, 9.17) is 10.5 Å². The number of amides is 2. The molecule has 0 spiro atoms. The average Bonchev–Trinajstić information content (AvgIpc) is 3.26. The highest BCUT2D eigenvalue weighted by molar-refractivity contribution is 5.81. The number of nitrogens with one attached hydrogen (secondary N) is 1. The zero-order chi connectivity index (χ0) is 25.9. The number of rotatable bonds is 14.